The van der Waals surface area contributed by atoms with Crippen LogP contribution >= 0.6 is 11.6 Å². The van der Waals surface area contributed by atoms with Gasteiger partial charge in [-0.1, -0.05) is 11.6 Å². The Labute approximate surface area is 192 Å². The van der Waals surface area contributed by atoms with E-state index in [9.17, 15) is 27.2 Å². The molecule has 2 aromatic rings. The highest BCUT2D eigenvalue weighted by Crippen LogP contribution is 2.28. The Morgan fingerprint density at radius 3 is 2.45 bits per heavy atom. The van der Waals surface area contributed by atoms with Crippen LogP contribution in [0.4, 0.5) is 17.6 Å². The number of hydrogen-bond donors (Lipinski definition) is 2. The molecule has 0 atom stereocenters. The van der Waals surface area contributed by atoms with Gasteiger partial charge in [-0.15, -0.1) is 0 Å². The van der Waals surface area contributed by atoms with E-state index in [0.717, 1.165) is 18.3 Å². The van der Waals surface area contributed by atoms with Crippen molar-refractivity contribution in [2.75, 3.05) is 6.61 Å². The predicted octanol–water partition coefficient (Wildman–Crippen LogP) is 4.26. The number of carbonyl (C=O) groups is 2. The van der Waals surface area contributed by atoms with Gasteiger partial charge < -0.3 is 15.4 Å². The maximum Gasteiger partial charge on any atom is 0.417 e. The molecule has 6 nitrogen and oxygen atoms in total. The van der Waals surface area contributed by atoms with Crippen LogP contribution in [-0.4, -0.2) is 29.4 Å². The van der Waals surface area contributed by atoms with Crippen molar-refractivity contribution in [3.63, 3.8) is 0 Å². The summed E-state index contributed by atoms with van der Waals surface area (Å²) in [5.74, 6) is -1.25. The van der Waals surface area contributed by atoms with Gasteiger partial charge in [-0.05, 0) is 49.9 Å². The zero-order valence-electron chi connectivity index (χ0n) is 17.4. The first-order valence-electron chi connectivity index (χ1n) is 10.3. The number of nitrogens with one attached hydrogen (secondary N) is 2. The molecular formula is C22H22ClF4N3O3. The number of alkyl halides is 3. The summed E-state index contributed by atoms with van der Waals surface area (Å²) in [7, 11) is 0. The van der Waals surface area contributed by atoms with Crippen molar-refractivity contribution in [1.29, 1.82) is 0 Å². The number of rotatable bonds is 7. The minimum absolute atomic E-state index is 0.0380. The highest BCUT2D eigenvalue weighted by Gasteiger charge is 2.31. The molecule has 0 saturated heterocycles. The van der Waals surface area contributed by atoms with Gasteiger partial charge in [0.1, 0.15) is 11.6 Å². The molecule has 11 heteroatoms. The molecule has 1 saturated carbocycles. The lowest BCUT2D eigenvalue weighted by Crippen LogP contribution is -2.42. The largest absolute Gasteiger partial charge is 0.484 e. The van der Waals surface area contributed by atoms with Gasteiger partial charge in [0.15, 0.2) is 6.61 Å². The Morgan fingerprint density at radius 1 is 1.12 bits per heavy atom. The van der Waals surface area contributed by atoms with Gasteiger partial charge in [0.05, 0.1) is 22.8 Å². The van der Waals surface area contributed by atoms with Crippen LogP contribution in [0, 0.1) is 11.7 Å². The lowest BCUT2D eigenvalue weighted by molar-refractivity contribution is -0.138. The van der Waals surface area contributed by atoms with Crippen LogP contribution in [0.25, 0.3) is 0 Å². The van der Waals surface area contributed by atoms with Crippen LogP contribution in [0.15, 0.2) is 36.5 Å². The fraction of sp³-hybridized carbons (Fsp3) is 0.409. The van der Waals surface area contributed by atoms with E-state index in [1.807, 2.05) is 0 Å². The van der Waals surface area contributed by atoms with Crippen LogP contribution in [0.2, 0.25) is 5.02 Å². The van der Waals surface area contributed by atoms with Gasteiger partial charge in [-0.2, -0.15) is 13.2 Å². The molecule has 0 radical (unpaired) electrons. The molecular weight excluding hydrogens is 466 g/mol. The number of amides is 2. The number of pyridine rings is 1. The second-order valence-electron chi connectivity index (χ2n) is 7.73. The first kappa shape index (κ1) is 24.8. The van der Waals surface area contributed by atoms with Gasteiger partial charge in [0, 0.05) is 24.2 Å². The zero-order valence-corrected chi connectivity index (χ0v) is 18.2. The van der Waals surface area contributed by atoms with Gasteiger partial charge in [-0.25, -0.2) is 4.39 Å². The average Bonchev–Trinajstić information content (AvgIpc) is 2.78. The van der Waals surface area contributed by atoms with Crippen LogP contribution < -0.4 is 15.4 Å². The molecule has 1 aromatic carbocycles. The van der Waals surface area contributed by atoms with Crippen LogP contribution in [0.1, 0.15) is 36.9 Å². The molecule has 2 N–H and O–H groups in total. The van der Waals surface area contributed by atoms with E-state index in [1.54, 1.807) is 0 Å². The SMILES string of the molecule is O=C(COc1ccc(Cl)c(F)c1)N[C@H]1CC[C@H](C(=O)NCc2ccc(C(F)(F)F)cn2)CC1. The van der Waals surface area contributed by atoms with Crippen LogP contribution in [0.3, 0.4) is 0 Å². The maximum absolute atomic E-state index is 13.4. The molecule has 1 fully saturated rings. The highest BCUT2D eigenvalue weighted by atomic mass is 35.5. The van der Waals surface area contributed by atoms with Crippen molar-refractivity contribution >= 4 is 23.4 Å². The summed E-state index contributed by atoms with van der Waals surface area (Å²) < 4.78 is 56.4. The van der Waals surface area contributed by atoms with E-state index in [0.29, 0.717) is 31.4 Å². The van der Waals surface area contributed by atoms with Crippen molar-refractivity contribution < 1.29 is 31.9 Å². The smallest absolute Gasteiger partial charge is 0.417 e. The summed E-state index contributed by atoms with van der Waals surface area (Å²) in [6.45, 7) is -0.238. The highest BCUT2D eigenvalue weighted by molar-refractivity contribution is 6.30. The topological polar surface area (TPSA) is 80.3 Å². The standard InChI is InChI=1S/C22H22ClF4N3O3/c23-18-8-7-17(9-19(18)24)33-12-20(31)30-15-4-1-13(2-5-15)21(32)29-11-16-6-3-14(10-28-16)22(25,26)27/h3,6-10,13,15H,1-2,4-5,11-12H2,(H,29,32)(H,30,31)/t13-,15-. The summed E-state index contributed by atoms with van der Waals surface area (Å²) in [5.41, 5.74) is -0.512. The monoisotopic (exact) mass is 487 g/mol. The van der Waals surface area contributed by atoms with E-state index >= 15 is 0 Å². The fourth-order valence-electron chi connectivity index (χ4n) is 3.50. The van der Waals surface area contributed by atoms with E-state index in [2.05, 4.69) is 15.6 Å². The maximum atomic E-state index is 13.4. The predicted molar refractivity (Wildman–Crippen MR) is 112 cm³/mol. The normalized spacial score (nSPS) is 18.5. The molecule has 3 rings (SSSR count). The summed E-state index contributed by atoms with van der Waals surface area (Å²) in [4.78, 5) is 28.2. The summed E-state index contributed by atoms with van der Waals surface area (Å²) in [6, 6.07) is 5.95. The third-order valence-electron chi connectivity index (χ3n) is 5.32. The minimum Gasteiger partial charge on any atom is -0.484 e. The molecule has 1 aliphatic rings. The Bertz CT molecular complexity index is 978. The second-order valence-corrected chi connectivity index (χ2v) is 8.14. The van der Waals surface area contributed by atoms with Crippen LogP contribution in [-0.2, 0) is 22.3 Å². The van der Waals surface area contributed by atoms with Crippen molar-refractivity contribution in [2.45, 2.75) is 44.4 Å². The molecule has 33 heavy (non-hydrogen) atoms. The number of ether oxygens (including phenoxy) is 1. The number of hydrogen-bond acceptors (Lipinski definition) is 4. The van der Waals surface area contributed by atoms with E-state index in [-0.39, 0.29) is 47.7 Å². The van der Waals surface area contributed by atoms with Crippen molar-refractivity contribution in [3.05, 3.63) is 58.6 Å². The van der Waals surface area contributed by atoms with Gasteiger partial charge in [0.2, 0.25) is 5.91 Å². The molecule has 1 aliphatic carbocycles. The Balaban J connectivity index is 1.36. The fourth-order valence-corrected chi connectivity index (χ4v) is 3.62. The molecule has 0 spiro atoms. The van der Waals surface area contributed by atoms with Crippen molar-refractivity contribution in [3.8, 4) is 5.75 Å². The molecule has 2 amide bonds. The summed E-state index contributed by atoms with van der Waals surface area (Å²) in [6.07, 6.45) is -1.41. The van der Waals surface area contributed by atoms with Gasteiger partial charge >= 0.3 is 6.18 Å². The Kier molecular flexibility index (Phi) is 8.12. The molecule has 0 aliphatic heterocycles. The quantitative estimate of drug-likeness (QED) is 0.572. The average molecular weight is 488 g/mol. The lowest BCUT2D eigenvalue weighted by Gasteiger charge is -2.28. The number of carbonyl (C=O) groups excluding carboxylic acids is 2. The number of aromatic nitrogens is 1. The van der Waals surface area contributed by atoms with Gasteiger partial charge in [-0.3, -0.25) is 14.6 Å². The third kappa shape index (κ3) is 7.31. The van der Waals surface area contributed by atoms with E-state index in [4.69, 9.17) is 16.3 Å². The second kappa shape index (κ2) is 10.8. The number of benzene rings is 1. The number of halogens is 5. The molecule has 1 aromatic heterocycles. The molecule has 0 unspecified atom stereocenters. The zero-order chi connectivity index (χ0) is 24.0. The van der Waals surface area contributed by atoms with Crippen molar-refractivity contribution in [1.82, 2.24) is 15.6 Å². The van der Waals surface area contributed by atoms with E-state index < -0.39 is 17.6 Å². The molecule has 0 bridgehead atoms. The Morgan fingerprint density at radius 2 is 1.85 bits per heavy atom. The number of nitrogens with zero attached hydrogens (tertiary/aromatic N) is 1. The Hall–Kier alpha value is -2.88. The van der Waals surface area contributed by atoms with Crippen LogP contribution in [0.5, 0.6) is 5.75 Å². The van der Waals surface area contributed by atoms with E-state index in [1.165, 1.54) is 18.2 Å². The third-order valence-corrected chi connectivity index (χ3v) is 5.63. The van der Waals surface area contributed by atoms with Gasteiger partial charge in [0.25, 0.3) is 5.91 Å². The summed E-state index contributed by atoms with van der Waals surface area (Å²) in [5, 5.41) is 5.49. The first-order chi connectivity index (χ1) is 15.6. The summed E-state index contributed by atoms with van der Waals surface area (Å²) >= 11 is 5.60. The molecule has 178 valence electrons. The first-order valence-corrected chi connectivity index (χ1v) is 10.7. The minimum atomic E-state index is -4.46. The molecule has 1 heterocycles. The van der Waals surface area contributed by atoms with Crippen molar-refractivity contribution in [2.24, 2.45) is 5.92 Å². The lowest BCUT2D eigenvalue weighted by atomic mass is 9.85.